The number of nitrogens with zero attached hydrogens (tertiary/aromatic N) is 2. The van der Waals surface area contributed by atoms with Crippen LogP contribution in [0.3, 0.4) is 0 Å². The zero-order valence-electron chi connectivity index (χ0n) is 7.11. The molecule has 3 heteroatoms. The van der Waals surface area contributed by atoms with Crippen molar-refractivity contribution in [3.63, 3.8) is 0 Å². The number of hydrogen-bond donors (Lipinski definition) is 0. The van der Waals surface area contributed by atoms with Crippen LogP contribution in [-0.2, 0) is 0 Å². The third-order valence-electron chi connectivity index (χ3n) is 1.82. The predicted octanol–water partition coefficient (Wildman–Crippen LogP) is 2.36. The Labute approximate surface area is 75.5 Å². The molecule has 62 valence electrons. The molecule has 0 amide bonds. The van der Waals surface area contributed by atoms with Crippen LogP contribution in [0.15, 0.2) is 23.7 Å². The van der Waals surface area contributed by atoms with Gasteiger partial charge in [0.15, 0.2) is 0 Å². The number of rotatable bonds is 1. The van der Waals surface area contributed by atoms with Crippen molar-refractivity contribution in [2.24, 2.45) is 0 Å². The molecule has 1 aromatic carbocycles. The van der Waals surface area contributed by atoms with Gasteiger partial charge in [-0.3, -0.25) is 0 Å². The summed E-state index contributed by atoms with van der Waals surface area (Å²) < 4.78 is 1.25. The lowest BCUT2D eigenvalue weighted by Gasteiger charge is -2.11. The molecule has 0 radical (unpaired) electrons. The van der Waals surface area contributed by atoms with Gasteiger partial charge in [0, 0.05) is 14.1 Å². The number of fused-ring (bicyclic) bond motifs is 1. The van der Waals surface area contributed by atoms with Gasteiger partial charge >= 0.3 is 0 Å². The average molecular weight is 178 g/mol. The Morgan fingerprint density at radius 1 is 1.33 bits per heavy atom. The van der Waals surface area contributed by atoms with Crippen molar-refractivity contribution in [1.29, 1.82) is 0 Å². The minimum absolute atomic E-state index is 1.10. The van der Waals surface area contributed by atoms with E-state index >= 15 is 0 Å². The molecule has 0 spiro atoms. The number of benzene rings is 1. The van der Waals surface area contributed by atoms with Crippen molar-refractivity contribution in [1.82, 2.24) is 4.98 Å². The second-order valence-corrected chi connectivity index (χ2v) is 3.76. The van der Waals surface area contributed by atoms with Crippen LogP contribution < -0.4 is 4.90 Å². The van der Waals surface area contributed by atoms with E-state index < -0.39 is 0 Å². The van der Waals surface area contributed by atoms with Crippen molar-refractivity contribution in [2.75, 3.05) is 19.0 Å². The highest BCUT2D eigenvalue weighted by Gasteiger charge is 2.03. The van der Waals surface area contributed by atoms with Crippen molar-refractivity contribution >= 4 is 27.2 Å². The minimum Gasteiger partial charge on any atom is -0.376 e. The summed E-state index contributed by atoms with van der Waals surface area (Å²) in [6.45, 7) is 0. The van der Waals surface area contributed by atoms with Gasteiger partial charge in [-0.25, -0.2) is 4.98 Å². The van der Waals surface area contributed by atoms with Crippen molar-refractivity contribution < 1.29 is 0 Å². The second-order valence-electron chi connectivity index (χ2n) is 2.87. The summed E-state index contributed by atoms with van der Waals surface area (Å²) in [5.74, 6) is 0. The third kappa shape index (κ3) is 1.06. The maximum Gasteiger partial charge on any atom is 0.104 e. The minimum atomic E-state index is 1.10. The number of para-hydroxylation sites is 1. The van der Waals surface area contributed by atoms with Crippen LogP contribution in [0.2, 0.25) is 0 Å². The standard InChI is InChI=1S/C9H10N2S/c1-11(2)7-4-3-5-8-9(7)10-6-12-8/h3-6H,1-2H3. The van der Waals surface area contributed by atoms with Crippen molar-refractivity contribution in [3.05, 3.63) is 23.7 Å². The number of hydrogen-bond acceptors (Lipinski definition) is 3. The number of anilines is 1. The van der Waals surface area contributed by atoms with Gasteiger partial charge in [-0.15, -0.1) is 11.3 Å². The largest absolute Gasteiger partial charge is 0.376 e. The molecule has 12 heavy (non-hydrogen) atoms. The molecular formula is C9H10N2S. The van der Waals surface area contributed by atoms with E-state index in [2.05, 4.69) is 28.1 Å². The smallest absolute Gasteiger partial charge is 0.104 e. The van der Waals surface area contributed by atoms with Crippen LogP contribution >= 0.6 is 11.3 Å². The molecule has 0 saturated heterocycles. The highest BCUT2D eigenvalue weighted by molar-refractivity contribution is 7.16. The van der Waals surface area contributed by atoms with E-state index in [1.807, 2.05) is 19.6 Å². The molecule has 2 nitrogen and oxygen atoms in total. The Hall–Kier alpha value is -1.09. The number of aromatic nitrogens is 1. The lowest BCUT2D eigenvalue weighted by Crippen LogP contribution is -2.08. The van der Waals surface area contributed by atoms with E-state index in [1.165, 1.54) is 10.4 Å². The quantitative estimate of drug-likeness (QED) is 0.666. The van der Waals surface area contributed by atoms with Crippen LogP contribution in [0.25, 0.3) is 10.2 Å². The van der Waals surface area contributed by atoms with E-state index in [0.29, 0.717) is 0 Å². The zero-order chi connectivity index (χ0) is 8.55. The molecule has 2 aromatic rings. The monoisotopic (exact) mass is 178 g/mol. The maximum atomic E-state index is 4.32. The van der Waals surface area contributed by atoms with Gasteiger partial charge in [-0.1, -0.05) is 6.07 Å². The van der Waals surface area contributed by atoms with Gasteiger partial charge < -0.3 is 4.90 Å². The SMILES string of the molecule is CN(C)c1cccc2scnc12. The summed E-state index contributed by atoms with van der Waals surface area (Å²) in [5.41, 5.74) is 4.18. The summed E-state index contributed by atoms with van der Waals surface area (Å²) in [7, 11) is 4.07. The van der Waals surface area contributed by atoms with Gasteiger partial charge in [0.25, 0.3) is 0 Å². The first-order chi connectivity index (χ1) is 5.79. The summed E-state index contributed by atoms with van der Waals surface area (Å²) >= 11 is 1.68. The molecule has 0 saturated carbocycles. The number of thiazole rings is 1. The molecule has 0 bridgehead atoms. The second kappa shape index (κ2) is 2.75. The summed E-state index contributed by atoms with van der Waals surface area (Å²) in [6, 6.07) is 6.25. The summed E-state index contributed by atoms with van der Waals surface area (Å²) in [4.78, 5) is 6.40. The lowest BCUT2D eigenvalue weighted by molar-refractivity contribution is 1.14. The maximum absolute atomic E-state index is 4.32. The topological polar surface area (TPSA) is 16.1 Å². The van der Waals surface area contributed by atoms with Crippen LogP contribution in [0.4, 0.5) is 5.69 Å². The highest BCUT2D eigenvalue weighted by atomic mass is 32.1. The summed E-state index contributed by atoms with van der Waals surface area (Å²) in [6.07, 6.45) is 0. The van der Waals surface area contributed by atoms with E-state index in [4.69, 9.17) is 0 Å². The molecule has 2 rings (SSSR count). The fourth-order valence-corrected chi connectivity index (χ4v) is 1.93. The molecule has 0 aliphatic heterocycles. The first kappa shape index (κ1) is 7.55. The molecule has 0 N–H and O–H groups in total. The molecular weight excluding hydrogens is 168 g/mol. The predicted molar refractivity (Wildman–Crippen MR) is 53.9 cm³/mol. The van der Waals surface area contributed by atoms with Crippen LogP contribution in [0.5, 0.6) is 0 Å². The Balaban J connectivity index is 2.73. The van der Waals surface area contributed by atoms with Gasteiger partial charge in [0.2, 0.25) is 0 Å². The first-order valence-corrected chi connectivity index (χ1v) is 4.66. The van der Waals surface area contributed by atoms with Gasteiger partial charge in [-0.05, 0) is 12.1 Å². The highest BCUT2D eigenvalue weighted by Crippen LogP contribution is 2.26. The summed E-state index contributed by atoms with van der Waals surface area (Å²) in [5, 5.41) is 0. The molecule has 0 unspecified atom stereocenters. The Kier molecular flexibility index (Phi) is 1.73. The fraction of sp³-hybridized carbons (Fsp3) is 0.222. The fourth-order valence-electron chi connectivity index (χ4n) is 1.23. The molecule has 0 aliphatic carbocycles. The molecule has 1 aromatic heterocycles. The van der Waals surface area contributed by atoms with Gasteiger partial charge in [-0.2, -0.15) is 0 Å². The van der Waals surface area contributed by atoms with Gasteiger partial charge in [0.05, 0.1) is 15.9 Å². The third-order valence-corrected chi connectivity index (χ3v) is 2.62. The lowest BCUT2D eigenvalue weighted by atomic mass is 10.3. The van der Waals surface area contributed by atoms with Crippen molar-refractivity contribution in [3.8, 4) is 0 Å². The van der Waals surface area contributed by atoms with E-state index in [-0.39, 0.29) is 0 Å². The van der Waals surface area contributed by atoms with E-state index in [9.17, 15) is 0 Å². The Bertz CT molecular complexity index is 392. The van der Waals surface area contributed by atoms with Crippen LogP contribution in [0, 0.1) is 0 Å². The average Bonchev–Trinajstić information content (AvgIpc) is 2.49. The van der Waals surface area contributed by atoms with Crippen LogP contribution in [-0.4, -0.2) is 19.1 Å². The Morgan fingerprint density at radius 3 is 2.92 bits per heavy atom. The van der Waals surface area contributed by atoms with Crippen molar-refractivity contribution in [2.45, 2.75) is 0 Å². The van der Waals surface area contributed by atoms with E-state index in [1.54, 1.807) is 11.3 Å². The molecule has 1 heterocycles. The molecule has 0 aliphatic rings. The van der Waals surface area contributed by atoms with E-state index in [0.717, 1.165) is 5.52 Å². The first-order valence-electron chi connectivity index (χ1n) is 3.78. The zero-order valence-corrected chi connectivity index (χ0v) is 7.93. The molecule has 0 atom stereocenters. The normalized spacial score (nSPS) is 10.5. The van der Waals surface area contributed by atoms with Crippen LogP contribution in [0.1, 0.15) is 0 Å². The molecule has 0 fully saturated rings. The Morgan fingerprint density at radius 2 is 2.17 bits per heavy atom. The van der Waals surface area contributed by atoms with Gasteiger partial charge in [0.1, 0.15) is 5.52 Å².